The standard InChI is InChI=1S/C6H11BO2.C2H6.CH4O/c1-8-4-5-2-3-6(7)9-5;2*1-2/h5-6H,2-4H2,1H3;1-2H3;2H,1H3. The minimum atomic E-state index is -0.0508. The molecule has 2 radical (unpaired) electrons. The molecule has 4 heteroatoms. The molecular weight excluding hydrogens is 167 g/mol. The summed E-state index contributed by atoms with van der Waals surface area (Å²) in [6.45, 7) is 4.67. The number of ether oxygens (including phenoxy) is 2. The molecule has 1 N–H and O–H groups in total. The Balaban J connectivity index is 0. The zero-order valence-electron chi connectivity index (χ0n) is 9.12. The third-order valence-electron chi connectivity index (χ3n) is 1.49. The van der Waals surface area contributed by atoms with Crippen LogP contribution in [-0.2, 0) is 9.47 Å². The van der Waals surface area contributed by atoms with Crippen molar-refractivity contribution in [3.63, 3.8) is 0 Å². The highest BCUT2D eigenvalue weighted by Gasteiger charge is 2.20. The van der Waals surface area contributed by atoms with Gasteiger partial charge in [0.1, 0.15) is 7.85 Å². The minimum Gasteiger partial charge on any atom is -0.400 e. The van der Waals surface area contributed by atoms with Crippen LogP contribution in [-0.4, -0.2) is 45.9 Å². The van der Waals surface area contributed by atoms with Crippen molar-refractivity contribution in [2.45, 2.75) is 38.8 Å². The molecule has 1 heterocycles. The highest BCUT2D eigenvalue weighted by Crippen LogP contribution is 2.16. The summed E-state index contributed by atoms with van der Waals surface area (Å²) in [4.78, 5) is 0. The summed E-state index contributed by atoms with van der Waals surface area (Å²) < 4.78 is 10.1. The van der Waals surface area contributed by atoms with Crippen LogP contribution in [0.4, 0.5) is 0 Å². The maximum Gasteiger partial charge on any atom is 0.109 e. The normalized spacial score (nSPS) is 25.3. The summed E-state index contributed by atoms with van der Waals surface area (Å²) in [6, 6.07) is -0.0508. The van der Waals surface area contributed by atoms with Crippen LogP contribution >= 0.6 is 0 Å². The van der Waals surface area contributed by atoms with Crippen LogP contribution in [0.2, 0.25) is 0 Å². The Kier molecular flexibility index (Phi) is 14.2. The fourth-order valence-electron chi connectivity index (χ4n) is 1.04. The molecule has 2 unspecified atom stereocenters. The van der Waals surface area contributed by atoms with Gasteiger partial charge in [-0.1, -0.05) is 13.8 Å². The fourth-order valence-corrected chi connectivity index (χ4v) is 1.04. The molecule has 1 aliphatic rings. The van der Waals surface area contributed by atoms with E-state index >= 15 is 0 Å². The molecule has 0 aromatic carbocycles. The summed E-state index contributed by atoms with van der Waals surface area (Å²) in [5, 5.41) is 7.00. The van der Waals surface area contributed by atoms with Crippen molar-refractivity contribution < 1.29 is 14.6 Å². The summed E-state index contributed by atoms with van der Waals surface area (Å²) in [5.74, 6) is 0. The van der Waals surface area contributed by atoms with E-state index in [0.717, 1.165) is 20.0 Å². The molecule has 3 nitrogen and oxygen atoms in total. The van der Waals surface area contributed by atoms with Gasteiger partial charge in [-0.3, -0.25) is 0 Å². The molecule has 0 saturated carbocycles. The molecule has 78 valence electrons. The van der Waals surface area contributed by atoms with E-state index < -0.39 is 0 Å². The second-order valence-corrected chi connectivity index (χ2v) is 2.33. The third-order valence-corrected chi connectivity index (χ3v) is 1.49. The highest BCUT2D eigenvalue weighted by atomic mass is 16.5. The molecule has 1 fully saturated rings. The van der Waals surface area contributed by atoms with E-state index in [-0.39, 0.29) is 12.1 Å². The Morgan fingerprint density at radius 2 is 1.92 bits per heavy atom. The third kappa shape index (κ3) is 8.28. The first-order valence-electron chi connectivity index (χ1n) is 4.67. The van der Waals surface area contributed by atoms with Gasteiger partial charge < -0.3 is 14.6 Å². The Morgan fingerprint density at radius 3 is 2.23 bits per heavy atom. The molecule has 1 rings (SSSR count). The van der Waals surface area contributed by atoms with Gasteiger partial charge >= 0.3 is 0 Å². The van der Waals surface area contributed by atoms with Gasteiger partial charge in [0.15, 0.2) is 0 Å². The van der Waals surface area contributed by atoms with Crippen molar-refractivity contribution in [1.82, 2.24) is 0 Å². The predicted molar refractivity (Wildman–Crippen MR) is 55.0 cm³/mol. The number of aliphatic hydroxyl groups is 1. The topological polar surface area (TPSA) is 38.7 Å². The van der Waals surface area contributed by atoms with E-state index in [2.05, 4.69) is 0 Å². The number of methoxy groups -OCH3 is 1. The molecule has 0 bridgehead atoms. The van der Waals surface area contributed by atoms with Gasteiger partial charge in [0.05, 0.1) is 12.7 Å². The first kappa shape index (κ1) is 15.4. The lowest BCUT2D eigenvalue weighted by Crippen LogP contribution is -2.15. The van der Waals surface area contributed by atoms with Crippen molar-refractivity contribution in [3.05, 3.63) is 0 Å². The Hall–Kier alpha value is -0.0551. The summed E-state index contributed by atoms with van der Waals surface area (Å²) in [6.07, 6.45) is 2.24. The monoisotopic (exact) mass is 188 g/mol. The number of hydrogen-bond donors (Lipinski definition) is 1. The molecule has 2 atom stereocenters. The first-order valence-corrected chi connectivity index (χ1v) is 4.67. The van der Waals surface area contributed by atoms with Crippen LogP contribution in [0, 0.1) is 0 Å². The van der Waals surface area contributed by atoms with Gasteiger partial charge in [0.2, 0.25) is 0 Å². The van der Waals surface area contributed by atoms with Crippen molar-refractivity contribution in [3.8, 4) is 0 Å². The lowest BCUT2D eigenvalue weighted by atomic mass is 9.97. The van der Waals surface area contributed by atoms with E-state index in [4.69, 9.17) is 22.4 Å². The Morgan fingerprint density at radius 1 is 1.38 bits per heavy atom. The second kappa shape index (κ2) is 11.9. The molecule has 1 aliphatic heterocycles. The van der Waals surface area contributed by atoms with Gasteiger partial charge in [-0.05, 0) is 12.8 Å². The SMILES string of the molecule is CC.CO.[B]C1CCC(COC)O1. The van der Waals surface area contributed by atoms with E-state index in [1.54, 1.807) is 7.11 Å². The van der Waals surface area contributed by atoms with Crippen molar-refractivity contribution in [2.24, 2.45) is 0 Å². The molecule has 0 spiro atoms. The zero-order chi connectivity index (χ0) is 10.7. The van der Waals surface area contributed by atoms with E-state index in [1.807, 2.05) is 13.8 Å². The van der Waals surface area contributed by atoms with Gasteiger partial charge in [0, 0.05) is 20.2 Å². The van der Waals surface area contributed by atoms with E-state index in [1.165, 1.54) is 0 Å². The number of aliphatic hydroxyl groups excluding tert-OH is 1. The molecular formula is C9H21BO3. The Labute approximate surface area is 82.8 Å². The van der Waals surface area contributed by atoms with Gasteiger partial charge in [-0.2, -0.15) is 0 Å². The van der Waals surface area contributed by atoms with E-state index in [9.17, 15) is 0 Å². The summed E-state index contributed by atoms with van der Waals surface area (Å²) in [7, 11) is 8.15. The quantitative estimate of drug-likeness (QED) is 0.655. The van der Waals surface area contributed by atoms with Crippen molar-refractivity contribution in [1.29, 1.82) is 0 Å². The highest BCUT2D eigenvalue weighted by molar-refractivity contribution is 6.11. The van der Waals surface area contributed by atoms with Gasteiger partial charge in [-0.25, -0.2) is 0 Å². The van der Waals surface area contributed by atoms with E-state index in [0.29, 0.717) is 6.61 Å². The number of rotatable bonds is 2. The maximum absolute atomic E-state index is 7.00. The molecule has 13 heavy (non-hydrogen) atoms. The lowest BCUT2D eigenvalue weighted by molar-refractivity contribution is 0.0251. The molecule has 0 aromatic rings. The number of hydrogen-bond acceptors (Lipinski definition) is 3. The van der Waals surface area contributed by atoms with Crippen LogP contribution in [0.1, 0.15) is 26.7 Å². The maximum atomic E-state index is 7.00. The van der Waals surface area contributed by atoms with Crippen molar-refractivity contribution in [2.75, 3.05) is 20.8 Å². The van der Waals surface area contributed by atoms with Gasteiger partial charge in [-0.15, -0.1) is 0 Å². The van der Waals surface area contributed by atoms with Gasteiger partial charge in [0.25, 0.3) is 0 Å². The average molecular weight is 188 g/mol. The molecule has 0 amide bonds. The average Bonchev–Trinajstić information content (AvgIpc) is 2.59. The first-order chi connectivity index (χ1) is 6.33. The molecule has 1 saturated heterocycles. The predicted octanol–water partition coefficient (Wildman–Crippen LogP) is 0.941. The fraction of sp³-hybridized carbons (Fsp3) is 1.00. The van der Waals surface area contributed by atoms with Crippen LogP contribution in [0.5, 0.6) is 0 Å². The van der Waals surface area contributed by atoms with Crippen molar-refractivity contribution >= 4 is 7.85 Å². The molecule has 0 aromatic heterocycles. The molecule has 0 aliphatic carbocycles. The van der Waals surface area contributed by atoms with Crippen LogP contribution in [0.3, 0.4) is 0 Å². The smallest absolute Gasteiger partial charge is 0.109 e. The summed E-state index contributed by atoms with van der Waals surface area (Å²) in [5.41, 5.74) is 0. The van der Waals surface area contributed by atoms with Crippen LogP contribution < -0.4 is 0 Å². The zero-order valence-corrected chi connectivity index (χ0v) is 9.12. The Bertz CT molecular complexity index is 88.9. The second-order valence-electron chi connectivity index (χ2n) is 2.33. The lowest BCUT2D eigenvalue weighted by Gasteiger charge is -2.08. The summed E-state index contributed by atoms with van der Waals surface area (Å²) >= 11 is 0. The largest absolute Gasteiger partial charge is 0.400 e. The minimum absolute atomic E-state index is 0.0508. The van der Waals surface area contributed by atoms with Crippen LogP contribution in [0.15, 0.2) is 0 Å². The van der Waals surface area contributed by atoms with Crippen LogP contribution in [0.25, 0.3) is 0 Å².